The molecule has 0 fully saturated rings. The molecule has 3 rings (SSSR count). The number of furan rings is 1. The predicted octanol–water partition coefficient (Wildman–Crippen LogP) is 3.33. The van der Waals surface area contributed by atoms with Crippen molar-refractivity contribution in [2.24, 2.45) is 0 Å². The van der Waals surface area contributed by atoms with Crippen LogP contribution in [0.25, 0.3) is 11.0 Å². The number of sulfonamides is 1. The van der Waals surface area contributed by atoms with Gasteiger partial charge in [0, 0.05) is 11.9 Å². The number of nitrogens with one attached hydrogen (secondary N) is 1. The van der Waals surface area contributed by atoms with Crippen molar-refractivity contribution in [2.45, 2.75) is 16.7 Å². The lowest BCUT2D eigenvalue weighted by Crippen LogP contribution is -2.38. The van der Waals surface area contributed by atoms with E-state index in [2.05, 4.69) is 4.72 Å². The van der Waals surface area contributed by atoms with E-state index in [0.717, 1.165) is 16.7 Å². The predicted molar refractivity (Wildman–Crippen MR) is 90.3 cm³/mol. The summed E-state index contributed by atoms with van der Waals surface area (Å²) in [6, 6.07) is 12.0. The second-order valence-electron chi connectivity index (χ2n) is 5.31. The van der Waals surface area contributed by atoms with E-state index >= 15 is 0 Å². The zero-order valence-corrected chi connectivity index (χ0v) is 14.5. The fraction of sp³-hybridized carbons (Fsp3) is 0.200. The second-order valence-corrected chi connectivity index (χ2v) is 9.01. The molecular weight excluding hydrogens is 358 g/mol. The fourth-order valence-electron chi connectivity index (χ4n) is 2.08. The van der Waals surface area contributed by atoms with E-state index in [-0.39, 0.29) is 10.8 Å². The van der Waals surface area contributed by atoms with Crippen LogP contribution in [-0.4, -0.2) is 20.1 Å². The maximum atomic E-state index is 12.2. The van der Waals surface area contributed by atoms with Gasteiger partial charge in [0.1, 0.15) is 21.2 Å². The van der Waals surface area contributed by atoms with Crippen LogP contribution in [0.15, 0.2) is 51.1 Å². The first-order valence-corrected chi connectivity index (χ1v) is 9.42. The summed E-state index contributed by atoms with van der Waals surface area (Å²) in [5.41, 5.74) is -0.844. The first-order valence-electron chi connectivity index (χ1n) is 6.74. The molecule has 2 aromatic heterocycles. The molecule has 8 heteroatoms. The maximum absolute atomic E-state index is 12.2. The van der Waals surface area contributed by atoms with Crippen LogP contribution in [0.1, 0.15) is 12.7 Å². The van der Waals surface area contributed by atoms with Crippen molar-refractivity contribution in [3.63, 3.8) is 0 Å². The van der Waals surface area contributed by atoms with Gasteiger partial charge < -0.3 is 9.52 Å². The Labute approximate surface area is 142 Å². The van der Waals surface area contributed by atoms with Gasteiger partial charge in [0.05, 0.1) is 4.34 Å². The molecule has 0 aliphatic rings. The molecule has 0 amide bonds. The summed E-state index contributed by atoms with van der Waals surface area (Å²) < 4.78 is 32.9. The van der Waals surface area contributed by atoms with E-state index in [4.69, 9.17) is 16.0 Å². The van der Waals surface area contributed by atoms with E-state index in [9.17, 15) is 13.5 Å². The monoisotopic (exact) mass is 371 g/mol. The van der Waals surface area contributed by atoms with Gasteiger partial charge in [-0.05, 0) is 31.2 Å². The second kappa shape index (κ2) is 5.92. The Hall–Kier alpha value is -1.38. The number of rotatable bonds is 5. The summed E-state index contributed by atoms with van der Waals surface area (Å²) in [5, 5.41) is 11.4. The van der Waals surface area contributed by atoms with Crippen molar-refractivity contribution in [2.75, 3.05) is 6.54 Å². The van der Waals surface area contributed by atoms with E-state index in [1.807, 2.05) is 18.2 Å². The van der Waals surface area contributed by atoms with Crippen molar-refractivity contribution in [3.8, 4) is 0 Å². The van der Waals surface area contributed by atoms with Gasteiger partial charge in [-0.3, -0.25) is 0 Å². The van der Waals surface area contributed by atoms with Gasteiger partial charge in [-0.2, -0.15) is 0 Å². The quantitative estimate of drug-likeness (QED) is 0.721. The Morgan fingerprint density at radius 1 is 1.30 bits per heavy atom. The van der Waals surface area contributed by atoms with E-state index in [1.165, 1.54) is 19.1 Å². The van der Waals surface area contributed by atoms with Crippen molar-refractivity contribution in [1.29, 1.82) is 0 Å². The number of halogens is 1. The molecule has 0 saturated carbocycles. The summed E-state index contributed by atoms with van der Waals surface area (Å²) in [6.45, 7) is 1.28. The highest BCUT2D eigenvalue weighted by Crippen LogP contribution is 2.29. The molecule has 1 unspecified atom stereocenters. The van der Waals surface area contributed by atoms with Crippen LogP contribution in [-0.2, 0) is 15.6 Å². The average Bonchev–Trinajstić information content (AvgIpc) is 3.12. The molecule has 1 aromatic carbocycles. The zero-order chi connectivity index (χ0) is 16.7. The number of aliphatic hydroxyl groups is 1. The molecule has 1 atom stereocenters. The zero-order valence-electron chi connectivity index (χ0n) is 12.1. The molecule has 2 N–H and O–H groups in total. The smallest absolute Gasteiger partial charge is 0.250 e. The molecule has 122 valence electrons. The Balaban J connectivity index is 1.80. The molecule has 5 nitrogen and oxygen atoms in total. The van der Waals surface area contributed by atoms with Crippen LogP contribution < -0.4 is 4.72 Å². The number of hydrogen-bond donors (Lipinski definition) is 2. The van der Waals surface area contributed by atoms with Crippen molar-refractivity contribution >= 4 is 43.9 Å². The first-order chi connectivity index (χ1) is 10.8. The number of hydrogen-bond acceptors (Lipinski definition) is 5. The Morgan fingerprint density at radius 2 is 2.04 bits per heavy atom. The lowest BCUT2D eigenvalue weighted by Gasteiger charge is -2.20. The molecular formula is C15H14ClNO4S2. The van der Waals surface area contributed by atoms with Crippen molar-refractivity contribution in [1.82, 2.24) is 4.72 Å². The Kier molecular flexibility index (Phi) is 4.24. The molecule has 0 aliphatic carbocycles. The highest BCUT2D eigenvalue weighted by molar-refractivity contribution is 7.91. The van der Waals surface area contributed by atoms with Gasteiger partial charge in [-0.15, -0.1) is 11.3 Å². The van der Waals surface area contributed by atoms with Crippen molar-refractivity contribution < 1.29 is 17.9 Å². The number of para-hydroxylation sites is 1. The third-order valence-electron chi connectivity index (χ3n) is 3.38. The van der Waals surface area contributed by atoms with Gasteiger partial charge in [0.2, 0.25) is 10.0 Å². The highest BCUT2D eigenvalue weighted by atomic mass is 35.5. The van der Waals surface area contributed by atoms with E-state index < -0.39 is 15.6 Å². The SMILES string of the molecule is CC(O)(CNS(=O)(=O)c1ccc(Cl)s1)c1cc2ccccc2o1. The molecule has 23 heavy (non-hydrogen) atoms. The summed E-state index contributed by atoms with van der Waals surface area (Å²) in [5.74, 6) is 0.297. The maximum Gasteiger partial charge on any atom is 0.250 e. The first kappa shape index (κ1) is 16.5. The van der Waals surface area contributed by atoms with Crippen LogP contribution in [0.3, 0.4) is 0 Å². The third-order valence-corrected chi connectivity index (χ3v) is 6.50. The van der Waals surface area contributed by atoms with Gasteiger partial charge in [0.15, 0.2) is 0 Å². The van der Waals surface area contributed by atoms with E-state index in [1.54, 1.807) is 12.1 Å². The third kappa shape index (κ3) is 3.44. The number of benzene rings is 1. The normalized spacial score (nSPS) is 14.9. The van der Waals surface area contributed by atoms with Crippen LogP contribution in [0.4, 0.5) is 0 Å². The summed E-state index contributed by atoms with van der Waals surface area (Å²) in [4.78, 5) is 0. The topological polar surface area (TPSA) is 79.5 Å². The largest absolute Gasteiger partial charge is 0.458 e. The molecule has 0 spiro atoms. The fourth-order valence-corrected chi connectivity index (χ4v) is 4.74. The molecule has 0 aliphatic heterocycles. The van der Waals surface area contributed by atoms with Crippen LogP contribution >= 0.6 is 22.9 Å². The summed E-state index contributed by atoms with van der Waals surface area (Å²) >= 11 is 6.71. The van der Waals surface area contributed by atoms with Gasteiger partial charge in [-0.25, -0.2) is 13.1 Å². The molecule has 2 heterocycles. The van der Waals surface area contributed by atoms with Gasteiger partial charge >= 0.3 is 0 Å². The van der Waals surface area contributed by atoms with Crippen LogP contribution in [0.2, 0.25) is 4.34 Å². The minimum absolute atomic E-state index is 0.0999. The van der Waals surface area contributed by atoms with Crippen LogP contribution in [0, 0.1) is 0 Å². The van der Waals surface area contributed by atoms with Gasteiger partial charge in [0.25, 0.3) is 0 Å². The molecule has 3 aromatic rings. The summed E-state index contributed by atoms with van der Waals surface area (Å²) in [7, 11) is -3.73. The minimum Gasteiger partial charge on any atom is -0.458 e. The van der Waals surface area contributed by atoms with Crippen LogP contribution in [0.5, 0.6) is 0 Å². The summed E-state index contributed by atoms with van der Waals surface area (Å²) in [6.07, 6.45) is 0. The van der Waals surface area contributed by atoms with E-state index in [0.29, 0.717) is 15.7 Å². The lowest BCUT2D eigenvalue weighted by molar-refractivity contribution is 0.0412. The molecule has 0 saturated heterocycles. The van der Waals surface area contributed by atoms with Crippen molar-refractivity contribution in [3.05, 3.63) is 52.6 Å². The van der Waals surface area contributed by atoms with Gasteiger partial charge in [-0.1, -0.05) is 29.8 Å². The Bertz CT molecular complexity index is 910. The molecule has 0 radical (unpaired) electrons. The lowest BCUT2D eigenvalue weighted by atomic mass is 10.0. The average molecular weight is 372 g/mol. The highest BCUT2D eigenvalue weighted by Gasteiger charge is 2.30. The Morgan fingerprint density at radius 3 is 2.70 bits per heavy atom. The molecule has 0 bridgehead atoms. The number of thiophene rings is 1. The number of fused-ring (bicyclic) bond motifs is 1. The standard InChI is InChI=1S/C15H14ClNO4S2/c1-15(18,12-8-10-4-2-3-5-11(10)21-12)9-17-23(19,20)14-7-6-13(16)22-14/h2-8,17-18H,9H2,1H3. The minimum atomic E-state index is -3.73.